The highest BCUT2D eigenvalue weighted by Crippen LogP contribution is 2.59. The zero-order valence-corrected chi connectivity index (χ0v) is 16.4. The van der Waals surface area contributed by atoms with Crippen molar-refractivity contribution in [1.29, 1.82) is 0 Å². The van der Waals surface area contributed by atoms with Gasteiger partial charge in [-0.25, -0.2) is 8.42 Å². The van der Waals surface area contributed by atoms with Crippen molar-refractivity contribution >= 4 is 21.6 Å². The maximum atomic E-state index is 13.6. The van der Waals surface area contributed by atoms with Crippen molar-refractivity contribution in [2.24, 2.45) is 23.2 Å². The molecule has 0 spiro atoms. The number of hydrogen-bond donors (Lipinski definition) is 0. The molecule has 28 heavy (non-hydrogen) atoms. The summed E-state index contributed by atoms with van der Waals surface area (Å²) < 4.78 is 80.8. The van der Waals surface area contributed by atoms with Crippen LogP contribution in [0.15, 0.2) is 0 Å². The highest BCUT2D eigenvalue weighted by Gasteiger charge is 2.63. The van der Waals surface area contributed by atoms with E-state index in [-0.39, 0.29) is 36.9 Å². The third kappa shape index (κ3) is 3.57. The van der Waals surface area contributed by atoms with Gasteiger partial charge < -0.3 is 4.74 Å². The van der Waals surface area contributed by atoms with E-state index < -0.39 is 45.2 Å². The third-order valence-corrected chi connectivity index (χ3v) is 7.67. The fraction of sp³-hybridized carbons (Fsp3) is 0.889. The van der Waals surface area contributed by atoms with Gasteiger partial charge in [-0.2, -0.15) is 17.6 Å². The summed E-state index contributed by atoms with van der Waals surface area (Å²) in [6, 6.07) is 0. The molecule has 0 amide bonds. The minimum atomic E-state index is -5.24. The molecule has 0 aromatic carbocycles. The molecule has 4 fully saturated rings. The standard InChI is InChI=1S/C18H24F4O5S/c1-28(25,26)18(21,22)17(19,20)4-2-3-5-27-15(24)16-8-11-6-12(9-16)14(23)13(7-11)10-16/h11-13H,2-10H2,1H3. The van der Waals surface area contributed by atoms with Gasteiger partial charge in [-0.05, 0) is 50.9 Å². The van der Waals surface area contributed by atoms with Gasteiger partial charge in [0.25, 0.3) is 0 Å². The SMILES string of the molecule is CS(=O)(=O)C(F)(F)C(F)(F)CCCCOC(=O)C12CC3CC(C1)C(=O)C(C3)C2. The van der Waals surface area contributed by atoms with Crippen molar-refractivity contribution in [2.45, 2.75) is 62.5 Å². The molecule has 10 heteroatoms. The molecular weight excluding hydrogens is 404 g/mol. The first-order valence-electron chi connectivity index (χ1n) is 9.45. The lowest BCUT2D eigenvalue weighted by Crippen LogP contribution is -2.54. The number of hydrogen-bond acceptors (Lipinski definition) is 5. The highest BCUT2D eigenvalue weighted by molar-refractivity contribution is 7.91. The number of rotatable bonds is 8. The van der Waals surface area contributed by atoms with Crippen molar-refractivity contribution < 1.29 is 40.3 Å². The molecule has 2 atom stereocenters. The van der Waals surface area contributed by atoms with Crippen LogP contribution in [0.1, 0.15) is 51.4 Å². The van der Waals surface area contributed by atoms with Crippen molar-refractivity contribution in [1.82, 2.24) is 0 Å². The molecule has 4 aliphatic carbocycles. The van der Waals surface area contributed by atoms with E-state index in [4.69, 9.17) is 4.74 Å². The summed E-state index contributed by atoms with van der Waals surface area (Å²) in [4.78, 5) is 24.7. The number of ether oxygens (including phenoxy) is 1. The van der Waals surface area contributed by atoms with E-state index in [0.717, 1.165) is 12.8 Å². The minimum absolute atomic E-state index is 0.0684. The Morgan fingerprint density at radius 2 is 1.68 bits per heavy atom. The van der Waals surface area contributed by atoms with Gasteiger partial charge >= 0.3 is 17.1 Å². The van der Waals surface area contributed by atoms with Crippen LogP contribution in [0, 0.1) is 23.2 Å². The largest absolute Gasteiger partial charge is 0.465 e. The molecule has 0 N–H and O–H groups in total. The molecule has 160 valence electrons. The minimum Gasteiger partial charge on any atom is -0.465 e. The molecule has 4 bridgehead atoms. The molecule has 2 unspecified atom stereocenters. The second-order valence-electron chi connectivity index (χ2n) is 8.61. The van der Waals surface area contributed by atoms with Crippen molar-refractivity contribution in [3.8, 4) is 0 Å². The molecule has 4 saturated carbocycles. The van der Waals surface area contributed by atoms with E-state index in [1.807, 2.05) is 0 Å². The van der Waals surface area contributed by atoms with E-state index in [0.29, 0.717) is 25.2 Å². The summed E-state index contributed by atoms with van der Waals surface area (Å²) in [7, 11) is -5.24. The van der Waals surface area contributed by atoms with Crippen LogP contribution in [-0.2, 0) is 24.2 Å². The molecule has 4 rings (SSSR count). The van der Waals surface area contributed by atoms with E-state index in [2.05, 4.69) is 0 Å². The molecule has 0 aromatic rings. The van der Waals surface area contributed by atoms with Crippen molar-refractivity contribution in [2.75, 3.05) is 12.9 Å². The second kappa shape index (κ2) is 6.95. The first-order chi connectivity index (χ1) is 12.8. The number of Topliss-reactive ketones (excluding diaryl/α,β-unsaturated/α-hetero) is 1. The Morgan fingerprint density at radius 3 is 2.21 bits per heavy atom. The number of carbonyl (C=O) groups excluding carboxylic acids is 2. The van der Waals surface area contributed by atoms with Gasteiger partial charge in [-0.15, -0.1) is 0 Å². The normalized spacial score (nSPS) is 32.6. The van der Waals surface area contributed by atoms with Crippen LogP contribution in [0.3, 0.4) is 0 Å². The summed E-state index contributed by atoms with van der Waals surface area (Å²) in [6.45, 7) is -0.199. The predicted molar refractivity (Wildman–Crippen MR) is 90.5 cm³/mol. The van der Waals surface area contributed by atoms with Crippen LogP contribution in [0.4, 0.5) is 17.6 Å². The summed E-state index contributed by atoms with van der Waals surface area (Å²) >= 11 is 0. The van der Waals surface area contributed by atoms with Gasteiger partial charge in [-0.1, -0.05) is 0 Å². The Kier molecular flexibility index (Phi) is 5.34. The number of sulfone groups is 1. The zero-order chi connectivity index (χ0) is 21.0. The number of halogens is 4. The Bertz CT molecular complexity index is 746. The van der Waals surface area contributed by atoms with Crippen molar-refractivity contribution in [3.63, 3.8) is 0 Å². The summed E-state index contributed by atoms with van der Waals surface area (Å²) in [5.41, 5.74) is -0.683. The second-order valence-corrected chi connectivity index (χ2v) is 10.7. The summed E-state index contributed by atoms with van der Waals surface area (Å²) in [5.74, 6) is -4.77. The summed E-state index contributed by atoms with van der Waals surface area (Å²) in [5, 5.41) is -5.14. The highest BCUT2D eigenvalue weighted by atomic mass is 32.2. The Hall–Kier alpha value is -1.19. The number of alkyl halides is 4. The number of esters is 1. The van der Waals surface area contributed by atoms with Gasteiger partial charge in [0.15, 0.2) is 0 Å². The fourth-order valence-electron chi connectivity index (χ4n) is 5.18. The average molecular weight is 428 g/mol. The van der Waals surface area contributed by atoms with E-state index in [1.165, 1.54) is 0 Å². The van der Waals surface area contributed by atoms with E-state index >= 15 is 0 Å². The molecule has 5 nitrogen and oxygen atoms in total. The lowest BCUT2D eigenvalue weighted by atomic mass is 9.49. The lowest BCUT2D eigenvalue weighted by Gasteiger charge is -2.53. The first kappa shape index (κ1) is 21.5. The summed E-state index contributed by atoms with van der Waals surface area (Å²) in [6.07, 6.45) is 1.49. The predicted octanol–water partition coefficient (Wildman–Crippen LogP) is 3.37. The molecule has 0 heterocycles. The third-order valence-electron chi connectivity index (χ3n) is 6.44. The Morgan fingerprint density at radius 1 is 1.11 bits per heavy atom. The number of unbranched alkanes of at least 4 members (excludes halogenated alkanes) is 1. The van der Waals surface area contributed by atoms with Crippen LogP contribution in [0.5, 0.6) is 0 Å². The topological polar surface area (TPSA) is 77.5 Å². The Balaban J connectivity index is 1.47. The molecule has 0 aromatic heterocycles. The van der Waals surface area contributed by atoms with Crippen LogP contribution in [0.2, 0.25) is 0 Å². The van der Waals surface area contributed by atoms with Gasteiger partial charge in [0, 0.05) is 24.5 Å². The van der Waals surface area contributed by atoms with Gasteiger partial charge in [0.05, 0.1) is 12.0 Å². The van der Waals surface area contributed by atoms with Gasteiger partial charge in [-0.3, -0.25) is 9.59 Å². The zero-order valence-electron chi connectivity index (χ0n) is 15.6. The monoisotopic (exact) mass is 428 g/mol. The van der Waals surface area contributed by atoms with Crippen LogP contribution in [-0.4, -0.2) is 44.2 Å². The molecular formula is C18H24F4O5S. The Labute approximate surface area is 161 Å². The molecule has 4 aliphatic rings. The maximum Gasteiger partial charge on any atom is 0.406 e. The fourth-order valence-corrected chi connectivity index (χ4v) is 5.83. The lowest BCUT2D eigenvalue weighted by molar-refractivity contribution is -0.175. The van der Waals surface area contributed by atoms with Crippen LogP contribution >= 0.6 is 0 Å². The molecule has 0 saturated heterocycles. The van der Waals surface area contributed by atoms with Crippen LogP contribution < -0.4 is 0 Å². The van der Waals surface area contributed by atoms with Crippen LogP contribution in [0.25, 0.3) is 0 Å². The quantitative estimate of drug-likeness (QED) is 0.337. The first-order valence-corrected chi connectivity index (χ1v) is 11.3. The van der Waals surface area contributed by atoms with Gasteiger partial charge in [0.2, 0.25) is 9.84 Å². The maximum absolute atomic E-state index is 13.6. The molecule has 0 radical (unpaired) electrons. The van der Waals surface area contributed by atoms with E-state index in [9.17, 15) is 35.6 Å². The number of carbonyl (C=O) groups is 2. The van der Waals surface area contributed by atoms with Gasteiger partial charge in [0.1, 0.15) is 5.78 Å². The van der Waals surface area contributed by atoms with Crippen molar-refractivity contribution in [3.05, 3.63) is 0 Å². The van der Waals surface area contributed by atoms with E-state index in [1.54, 1.807) is 0 Å². The smallest absolute Gasteiger partial charge is 0.406 e. The average Bonchev–Trinajstić information content (AvgIpc) is 2.57. The molecule has 0 aliphatic heterocycles. The number of ketones is 1.